The van der Waals surface area contributed by atoms with Crippen molar-refractivity contribution in [2.24, 2.45) is 62.1 Å². The molecule has 0 amide bonds. The minimum absolute atomic E-state index is 0.0270. The Morgan fingerprint density at radius 3 is 1.86 bits per heavy atom. The second-order valence-corrected chi connectivity index (χ2v) is 22.6. The number of phenolic OH excluding ortho intramolecular Hbond substituents is 1. The minimum Gasteiger partial charge on any atom is -0.506 e. The lowest BCUT2D eigenvalue weighted by Gasteiger charge is -2.46. The van der Waals surface area contributed by atoms with Crippen LogP contribution in [0.5, 0.6) is 11.5 Å². The van der Waals surface area contributed by atoms with Crippen LogP contribution in [-0.4, -0.2) is 41.2 Å². The lowest BCUT2D eigenvalue weighted by Crippen LogP contribution is -2.46. The van der Waals surface area contributed by atoms with Gasteiger partial charge in [0, 0.05) is 52.4 Å². The van der Waals surface area contributed by atoms with Crippen LogP contribution in [0.25, 0.3) is 0 Å². The van der Waals surface area contributed by atoms with Crippen molar-refractivity contribution in [3.8, 4) is 11.5 Å². The molecule has 8 rings (SSSR count). The van der Waals surface area contributed by atoms with E-state index >= 15 is 0 Å². The van der Waals surface area contributed by atoms with Crippen LogP contribution in [0.2, 0.25) is 10.0 Å². The van der Waals surface area contributed by atoms with Crippen LogP contribution >= 0.6 is 23.2 Å². The normalized spacial score (nSPS) is 36.1. The first-order chi connectivity index (χ1) is 27.6. The van der Waals surface area contributed by atoms with Crippen LogP contribution in [0.4, 0.5) is 5.69 Å². The van der Waals surface area contributed by atoms with Crippen molar-refractivity contribution in [1.82, 2.24) is 0 Å². The van der Waals surface area contributed by atoms with E-state index in [1.807, 2.05) is 12.1 Å². The van der Waals surface area contributed by atoms with E-state index < -0.39 is 18.1 Å². The van der Waals surface area contributed by atoms with Gasteiger partial charge in [-0.05, 0) is 133 Å². The molecule has 0 radical (unpaired) electrons. The molecule has 6 aliphatic carbocycles. The number of carbonyl (C=O) groups is 1. The summed E-state index contributed by atoms with van der Waals surface area (Å²) in [6.07, 6.45) is 11.4. The third-order valence-corrected chi connectivity index (χ3v) is 20.1. The van der Waals surface area contributed by atoms with E-state index in [0.717, 1.165) is 57.8 Å². The summed E-state index contributed by atoms with van der Waals surface area (Å²) in [4.78, 5) is 41.6. The lowest BCUT2D eigenvalue weighted by molar-refractivity contribution is -0.0247. The monoisotopic (exact) mass is 843 g/mol. The van der Waals surface area contributed by atoms with Crippen molar-refractivity contribution in [2.75, 3.05) is 4.90 Å². The number of ether oxygens (including phenoxy) is 2. The van der Waals surface area contributed by atoms with Crippen LogP contribution in [0.3, 0.4) is 0 Å². The predicted molar refractivity (Wildman–Crippen MR) is 233 cm³/mol. The summed E-state index contributed by atoms with van der Waals surface area (Å²) >= 11 is 13.1. The summed E-state index contributed by atoms with van der Waals surface area (Å²) < 4.78 is 13.6. The molecule has 7 nitrogen and oxygen atoms in total. The second kappa shape index (κ2) is 14.4. The van der Waals surface area contributed by atoms with Gasteiger partial charge in [-0.15, -0.1) is 0 Å². The Morgan fingerprint density at radius 2 is 1.36 bits per heavy atom. The maximum atomic E-state index is 14.6. The van der Waals surface area contributed by atoms with Gasteiger partial charge in [0.1, 0.15) is 41.2 Å². The Hall–Kier alpha value is -3.21. The van der Waals surface area contributed by atoms with Gasteiger partial charge < -0.3 is 19.5 Å². The van der Waals surface area contributed by atoms with Gasteiger partial charge in [-0.3, -0.25) is 0 Å². The van der Waals surface area contributed by atoms with Gasteiger partial charge in [-0.25, -0.2) is 14.4 Å². The topological polar surface area (TPSA) is 93.1 Å². The summed E-state index contributed by atoms with van der Waals surface area (Å²) in [5.41, 5.74) is 1.30. The predicted octanol–water partition coefficient (Wildman–Crippen LogP) is 11.9. The van der Waals surface area contributed by atoms with E-state index in [2.05, 4.69) is 79.1 Å². The van der Waals surface area contributed by atoms with Gasteiger partial charge in [0.25, 0.3) is 0 Å². The van der Waals surface area contributed by atoms with Crippen LogP contribution in [0.15, 0.2) is 42.5 Å². The molecule has 0 aromatic heterocycles. The molecular formula is C50H63Cl2NO6. The van der Waals surface area contributed by atoms with Crippen LogP contribution in [0.1, 0.15) is 136 Å². The van der Waals surface area contributed by atoms with E-state index in [0.29, 0.717) is 45.3 Å². The number of hydrogen-bond donors (Lipinski definition) is 1. The highest BCUT2D eigenvalue weighted by Crippen LogP contribution is 2.71. The Morgan fingerprint density at radius 1 is 0.797 bits per heavy atom. The number of carbonyl (C=O) groups excluding carboxylic acids is 3. The Kier molecular flexibility index (Phi) is 10.4. The van der Waals surface area contributed by atoms with Gasteiger partial charge in [0.15, 0.2) is 0 Å². The summed E-state index contributed by atoms with van der Waals surface area (Å²) in [6, 6.07) is 8.30. The highest BCUT2D eigenvalue weighted by Gasteiger charge is 2.65. The lowest BCUT2D eigenvalue weighted by atomic mass is 9.64. The van der Waals surface area contributed by atoms with Gasteiger partial charge in [-0.2, -0.15) is 0 Å². The fourth-order valence-electron chi connectivity index (χ4n) is 14.2. The molecule has 11 unspecified atom stereocenters. The first kappa shape index (κ1) is 42.5. The number of fused-ring (bicyclic) bond motifs is 6. The number of esters is 1. The summed E-state index contributed by atoms with van der Waals surface area (Å²) in [7, 11) is 0. The van der Waals surface area contributed by atoms with E-state index in [4.69, 9.17) is 32.7 Å². The number of hydrogen-bond acceptors (Lipinski definition) is 7. The van der Waals surface area contributed by atoms with Gasteiger partial charge in [0.05, 0.1) is 11.1 Å². The zero-order valence-corrected chi connectivity index (χ0v) is 37.9. The number of nitrogens with zero attached hydrogens (tertiary/aromatic N) is 1. The molecule has 59 heavy (non-hydrogen) atoms. The Labute approximate surface area is 361 Å². The largest absolute Gasteiger partial charge is 0.506 e. The second-order valence-electron chi connectivity index (χ2n) is 21.8. The number of aromatic hydroxyl groups is 1. The number of halogens is 2. The molecule has 1 N–H and O–H groups in total. The van der Waals surface area contributed by atoms with Crippen LogP contribution in [-0.2, 0) is 20.9 Å². The fourth-order valence-corrected chi connectivity index (χ4v) is 14.8. The molecule has 6 saturated carbocycles. The number of phenols is 1. The molecule has 0 aliphatic heterocycles. The van der Waals surface area contributed by atoms with Crippen LogP contribution < -0.4 is 9.64 Å². The minimum atomic E-state index is -0.636. The average molecular weight is 845 g/mol. The van der Waals surface area contributed by atoms with E-state index in [-0.39, 0.29) is 67.7 Å². The molecule has 2 aromatic carbocycles. The van der Waals surface area contributed by atoms with Crippen LogP contribution in [0, 0.1) is 62.1 Å². The number of benzene rings is 2. The molecule has 6 bridgehead atoms. The Balaban J connectivity index is 1.25. The third kappa shape index (κ3) is 6.21. The van der Waals surface area contributed by atoms with Crippen molar-refractivity contribution >= 4 is 46.7 Å². The Bertz CT molecular complexity index is 2130. The van der Waals surface area contributed by atoms with Gasteiger partial charge in [0.2, 0.25) is 0 Å². The highest BCUT2D eigenvalue weighted by molar-refractivity contribution is 6.35. The van der Waals surface area contributed by atoms with E-state index in [1.54, 1.807) is 18.2 Å². The maximum absolute atomic E-state index is 14.6. The number of anilines is 1. The standard InChI is InChI=1S/C50H63Cl2NO6/c1-45(2)30-12-17-48(45,7)36(23-30)39(15-20-54)53(28-29-22-33(51)26-38(52)43(29)56)34-10-11-35(44(57)59-42-25-32-14-19-50(42,9)47(32,5)6)41(27-34)58-40(16-21-55)37-24-31-13-18-49(37,8)46(31,3)4/h10-11,15-16,22,26-27,30-32,36-37,39-40,42,56H,12-14,17-19,23-25,28H2,1-9H3. The summed E-state index contributed by atoms with van der Waals surface area (Å²) in [6.45, 7) is 21.1. The van der Waals surface area contributed by atoms with Crippen molar-refractivity contribution in [2.45, 2.75) is 145 Å². The smallest absolute Gasteiger partial charge is 0.342 e. The van der Waals surface area contributed by atoms with E-state index in [9.17, 15) is 19.5 Å². The van der Waals surface area contributed by atoms with Crippen molar-refractivity contribution in [3.63, 3.8) is 0 Å². The maximum Gasteiger partial charge on any atom is 0.342 e. The molecule has 11 atom stereocenters. The molecule has 9 heteroatoms. The quantitative estimate of drug-likeness (QED) is 0.168. The summed E-state index contributed by atoms with van der Waals surface area (Å²) in [5.74, 6) is 5.58. The molecule has 2 aromatic rings. The van der Waals surface area contributed by atoms with Crippen molar-refractivity contribution < 1.29 is 29.0 Å². The molecule has 6 aliphatic rings. The SMILES string of the molecule is CC1(C)C2CCC1(C)C(OC(=O)c1ccc(N(Cc3cc(Cl)cc(Cl)c3O)C(C=C=O)C3CC4CCC3(C)C4(C)C)cc1OC(C=C=O)C1CC3CCC1(C)C3(C)C)C2. The highest BCUT2D eigenvalue weighted by atomic mass is 35.5. The molecule has 0 saturated heterocycles. The first-order valence-electron chi connectivity index (χ1n) is 22.0. The van der Waals surface area contributed by atoms with Crippen molar-refractivity contribution in [1.29, 1.82) is 0 Å². The zero-order valence-electron chi connectivity index (χ0n) is 36.4. The fraction of sp³-hybridized carbons (Fsp3) is 0.660. The molecular weight excluding hydrogens is 781 g/mol. The summed E-state index contributed by atoms with van der Waals surface area (Å²) in [5, 5.41) is 11.8. The molecule has 6 fully saturated rings. The van der Waals surface area contributed by atoms with Crippen molar-refractivity contribution in [3.05, 3.63) is 63.7 Å². The van der Waals surface area contributed by atoms with Gasteiger partial charge >= 0.3 is 5.97 Å². The first-order valence-corrected chi connectivity index (χ1v) is 22.8. The zero-order chi connectivity index (χ0) is 42.7. The van der Waals surface area contributed by atoms with Gasteiger partial charge in [-0.1, -0.05) is 85.5 Å². The molecule has 318 valence electrons. The average Bonchev–Trinajstić information content (AvgIpc) is 3.83. The molecule has 0 spiro atoms. The molecule has 0 heterocycles. The van der Waals surface area contributed by atoms with E-state index in [1.165, 1.54) is 12.1 Å². The third-order valence-electron chi connectivity index (χ3n) is 19.6. The number of rotatable bonds is 12.